The van der Waals surface area contributed by atoms with Crippen LogP contribution in [0.3, 0.4) is 0 Å². The predicted octanol–water partition coefficient (Wildman–Crippen LogP) is 1.79. The Balaban J connectivity index is 1.93. The summed E-state index contributed by atoms with van der Waals surface area (Å²) in [5.74, 6) is 0. The van der Waals surface area contributed by atoms with Crippen molar-refractivity contribution in [3.63, 3.8) is 0 Å². The van der Waals surface area contributed by atoms with Crippen LogP contribution in [0.15, 0.2) is 10.7 Å². The normalized spacial score (nSPS) is 15.3. The molecule has 102 valence electrons. The van der Waals surface area contributed by atoms with E-state index in [0.717, 1.165) is 24.8 Å². The Morgan fingerprint density at radius 2 is 2.33 bits per heavy atom. The van der Waals surface area contributed by atoms with Crippen molar-refractivity contribution in [1.82, 2.24) is 10.3 Å². The van der Waals surface area contributed by atoms with Crippen LogP contribution in [-0.4, -0.2) is 37.3 Å². The Hall–Kier alpha value is -1.07. The molecule has 1 aromatic rings. The molecule has 0 amide bonds. The zero-order valence-corrected chi connectivity index (χ0v) is 11.5. The third kappa shape index (κ3) is 3.71. The van der Waals surface area contributed by atoms with E-state index in [4.69, 9.17) is 9.15 Å². The number of ether oxygens (including phenoxy) is 1. The van der Waals surface area contributed by atoms with Gasteiger partial charge < -0.3 is 19.4 Å². The van der Waals surface area contributed by atoms with Gasteiger partial charge in [0.1, 0.15) is 6.26 Å². The average molecular weight is 253 g/mol. The van der Waals surface area contributed by atoms with Crippen LogP contribution in [0.4, 0.5) is 6.01 Å². The minimum atomic E-state index is 0.457. The molecule has 2 rings (SSSR count). The molecule has 1 saturated carbocycles. The maximum Gasteiger partial charge on any atom is 0.297 e. The Morgan fingerprint density at radius 3 is 2.94 bits per heavy atom. The molecule has 1 N–H and O–H groups in total. The lowest BCUT2D eigenvalue weighted by atomic mass is 10.4. The van der Waals surface area contributed by atoms with E-state index in [-0.39, 0.29) is 0 Å². The number of methoxy groups -OCH3 is 1. The number of nitrogens with zero attached hydrogens (tertiary/aromatic N) is 2. The molecular weight excluding hydrogens is 230 g/mol. The largest absolute Gasteiger partial charge is 0.432 e. The van der Waals surface area contributed by atoms with Gasteiger partial charge in [-0.15, -0.1) is 0 Å². The van der Waals surface area contributed by atoms with E-state index in [0.29, 0.717) is 18.7 Å². The maximum absolute atomic E-state index is 5.58. The van der Waals surface area contributed by atoms with Gasteiger partial charge in [-0.05, 0) is 12.8 Å². The number of aromatic nitrogens is 1. The van der Waals surface area contributed by atoms with E-state index >= 15 is 0 Å². The van der Waals surface area contributed by atoms with Crippen molar-refractivity contribution >= 4 is 6.01 Å². The third-order valence-corrected chi connectivity index (χ3v) is 3.00. The van der Waals surface area contributed by atoms with E-state index in [1.165, 1.54) is 12.8 Å². The first-order valence-electron chi connectivity index (χ1n) is 6.64. The number of rotatable bonds is 8. The lowest BCUT2D eigenvalue weighted by Crippen LogP contribution is -2.29. The van der Waals surface area contributed by atoms with E-state index in [1.54, 1.807) is 13.4 Å². The van der Waals surface area contributed by atoms with Gasteiger partial charge in [0.05, 0.1) is 12.3 Å². The lowest BCUT2D eigenvalue weighted by molar-refractivity contribution is 0.203. The van der Waals surface area contributed by atoms with Gasteiger partial charge in [-0.25, -0.2) is 0 Å². The Morgan fingerprint density at radius 1 is 1.56 bits per heavy atom. The van der Waals surface area contributed by atoms with Gasteiger partial charge in [-0.2, -0.15) is 4.98 Å². The third-order valence-electron chi connectivity index (χ3n) is 3.00. The quantitative estimate of drug-likeness (QED) is 0.765. The van der Waals surface area contributed by atoms with Gasteiger partial charge in [0.25, 0.3) is 6.01 Å². The summed E-state index contributed by atoms with van der Waals surface area (Å²) < 4.78 is 10.7. The molecule has 18 heavy (non-hydrogen) atoms. The van der Waals surface area contributed by atoms with Gasteiger partial charge in [0.15, 0.2) is 0 Å². The average Bonchev–Trinajstić information content (AvgIpc) is 3.06. The molecule has 0 spiro atoms. The van der Waals surface area contributed by atoms with Crippen LogP contribution >= 0.6 is 0 Å². The summed E-state index contributed by atoms with van der Waals surface area (Å²) in [5.41, 5.74) is 0.960. The second-order valence-electron chi connectivity index (χ2n) is 5.07. The topological polar surface area (TPSA) is 50.5 Å². The summed E-state index contributed by atoms with van der Waals surface area (Å²) in [5, 5.41) is 3.34. The highest BCUT2D eigenvalue weighted by Crippen LogP contribution is 2.30. The van der Waals surface area contributed by atoms with Crippen molar-refractivity contribution in [1.29, 1.82) is 0 Å². The standard InChI is InChI=1S/C13H23N3O2/c1-10(2)14-8-11-9-18-13(15-11)16(6-7-17-3)12-4-5-12/h9-10,12,14H,4-8H2,1-3H3. The van der Waals surface area contributed by atoms with Crippen molar-refractivity contribution in [3.05, 3.63) is 12.0 Å². The van der Waals surface area contributed by atoms with Crippen LogP contribution in [0.2, 0.25) is 0 Å². The highest BCUT2D eigenvalue weighted by molar-refractivity contribution is 5.31. The van der Waals surface area contributed by atoms with E-state index < -0.39 is 0 Å². The number of hydrogen-bond donors (Lipinski definition) is 1. The van der Waals surface area contributed by atoms with E-state index in [9.17, 15) is 0 Å². The molecule has 0 aliphatic heterocycles. The minimum absolute atomic E-state index is 0.457. The van der Waals surface area contributed by atoms with E-state index in [1.807, 2.05) is 0 Å². The molecule has 5 heteroatoms. The molecule has 0 saturated heterocycles. The molecule has 0 unspecified atom stereocenters. The first kappa shape index (κ1) is 13.4. The molecule has 0 bridgehead atoms. The highest BCUT2D eigenvalue weighted by atomic mass is 16.5. The number of anilines is 1. The molecule has 1 aromatic heterocycles. The summed E-state index contributed by atoms with van der Waals surface area (Å²) in [6, 6.07) is 1.78. The fourth-order valence-corrected chi connectivity index (χ4v) is 1.83. The zero-order valence-electron chi connectivity index (χ0n) is 11.5. The second-order valence-corrected chi connectivity index (χ2v) is 5.07. The summed E-state index contributed by atoms with van der Waals surface area (Å²) in [6.07, 6.45) is 4.20. The van der Waals surface area contributed by atoms with Crippen LogP contribution in [-0.2, 0) is 11.3 Å². The van der Waals surface area contributed by atoms with Gasteiger partial charge in [-0.1, -0.05) is 13.8 Å². The van der Waals surface area contributed by atoms with Gasteiger partial charge in [-0.3, -0.25) is 0 Å². The Labute approximate surface area is 109 Å². The first-order valence-corrected chi connectivity index (χ1v) is 6.64. The molecule has 1 aliphatic rings. The van der Waals surface area contributed by atoms with Crippen LogP contribution in [0.1, 0.15) is 32.4 Å². The lowest BCUT2D eigenvalue weighted by Gasteiger charge is -2.19. The van der Waals surface area contributed by atoms with Crippen LogP contribution in [0, 0.1) is 0 Å². The van der Waals surface area contributed by atoms with Gasteiger partial charge >= 0.3 is 0 Å². The molecular formula is C13H23N3O2. The smallest absolute Gasteiger partial charge is 0.297 e. The second kappa shape index (κ2) is 6.20. The summed E-state index contributed by atoms with van der Waals surface area (Å²) in [7, 11) is 1.72. The minimum Gasteiger partial charge on any atom is -0.432 e. The fourth-order valence-electron chi connectivity index (χ4n) is 1.83. The molecule has 1 fully saturated rings. The maximum atomic E-state index is 5.58. The van der Waals surface area contributed by atoms with Gasteiger partial charge in [0, 0.05) is 32.3 Å². The van der Waals surface area contributed by atoms with Crippen molar-refractivity contribution in [2.75, 3.05) is 25.2 Å². The van der Waals surface area contributed by atoms with Crippen LogP contribution < -0.4 is 10.2 Å². The van der Waals surface area contributed by atoms with Crippen molar-refractivity contribution in [2.45, 2.75) is 45.3 Å². The molecule has 0 atom stereocenters. The predicted molar refractivity (Wildman–Crippen MR) is 70.7 cm³/mol. The first-order chi connectivity index (χ1) is 8.70. The number of oxazole rings is 1. The number of nitrogens with one attached hydrogen (secondary N) is 1. The van der Waals surface area contributed by atoms with E-state index in [2.05, 4.69) is 29.0 Å². The molecule has 1 aliphatic carbocycles. The number of hydrogen-bond acceptors (Lipinski definition) is 5. The van der Waals surface area contributed by atoms with Gasteiger partial charge in [0.2, 0.25) is 0 Å². The molecule has 0 aromatic carbocycles. The summed E-state index contributed by atoms with van der Waals surface area (Å²) in [4.78, 5) is 6.75. The molecule has 1 heterocycles. The summed E-state index contributed by atoms with van der Waals surface area (Å²) >= 11 is 0. The van der Waals surface area contributed by atoms with Crippen molar-refractivity contribution in [3.8, 4) is 0 Å². The SMILES string of the molecule is COCCN(c1nc(CNC(C)C)co1)C1CC1. The Kier molecular flexibility index (Phi) is 4.60. The summed E-state index contributed by atoms with van der Waals surface area (Å²) in [6.45, 7) is 6.55. The zero-order chi connectivity index (χ0) is 13.0. The van der Waals surface area contributed by atoms with Crippen LogP contribution in [0.5, 0.6) is 0 Å². The fraction of sp³-hybridized carbons (Fsp3) is 0.769. The van der Waals surface area contributed by atoms with Crippen LogP contribution in [0.25, 0.3) is 0 Å². The Bertz CT molecular complexity index is 361. The molecule has 5 nitrogen and oxygen atoms in total. The highest BCUT2D eigenvalue weighted by Gasteiger charge is 2.31. The van der Waals surface area contributed by atoms with Crippen molar-refractivity contribution < 1.29 is 9.15 Å². The molecule has 0 radical (unpaired) electrons. The van der Waals surface area contributed by atoms with Crippen molar-refractivity contribution in [2.24, 2.45) is 0 Å². The monoisotopic (exact) mass is 253 g/mol.